The summed E-state index contributed by atoms with van der Waals surface area (Å²) in [6.45, 7) is 2.14. The Morgan fingerprint density at radius 2 is 2.40 bits per heavy atom. The van der Waals surface area contributed by atoms with Crippen molar-refractivity contribution in [1.29, 1.82) is 0 Å². The summed E-state index contributed by atoms with van der Waals surface area (Å²) in [5.74, 6) is 0. The second-order valence-corrected chi connectivity index (χ2v) is 5.43. The predicted octanol–water partition coefficient (Wildman–Crippen LogP) is 2.13. The summed E-state index contributed by atoms with van der Waals surface area (Å²) in [4.78, 5) is 5.73. The highest BCUT2D eigenvalue weighted by Gasteiger charge is 2.37. The summed E-state index contributed by atoms with van der Waals surface area (Å²) in [5, 5.41) is 2.07. The van der Waals surface area contributed by atoms with Gasteiger partial charge >= 0.3 is 0 Å². The average molecular weight is 221 g/mol. The van der Waals surface area contributed by atoms with Crippen LogP contribution in [0.15, 0.2) is 11.6 Å². The summed E-state index contributed by atoms with van der Waals surface area (Å²) < 4.78 is 2.16. The number of fused-ring (bicyclic) bond motifs is 1. The van der Waals surface area contributed by atoms with Crippen molar-refractivity contribution in [3.63, 3.8) is 0 Å². The molecule has 2 aromatic heterocycles. The molecule has 80 valence electrons. The molecule has 15 heavy (non-hydrogen) atoms. The predicted molar refractivity (Wildman–Crippen MR) is 62.3 cm³/mol. The van der Waals surface area contributed by atoms with Gasteiger partial charge in [-0.2, -0.15) is 0 Å². The van der Waals surface area contributed by atoms with Gasteiger partial charge in [-0.3, -0.25) is 4.40 Å². The number of nitrogens with zero attached hydrogens (tertiary/aromatic N) is 2. The molecule has 2 N–H and O–H groups in total. The molecule has 0 spiro atoms. The lowest BCUT2D eigenvalue weighted by Gasteiger charge is -2.06. The van der Waals surface area contributed by atoms with Gasteiger partial charge in [0.2, 0.25) is 0 Å². The van der Waals surface area contributed by atoms with E-state index in [0.717, 1.165) is 17.8 Å². The summed E-state index contributed by atoms with van der Waals surface area (Å²) in [6.07, 6.45) is 6.57. The Bertz CT molecular complexity index is 493. The summed E-state index contributed by atoms with van der Waals surface area (Å²) in [5.41, 5.74) is 8.72. The van der Waals surface area contributed by atoms with E-state index < -0.39 is 0 Å². The van der Waals surface area contributed by atoms with E-state index in [2.05, 4.69) is 27.9 Å². The maximum absolute atomic E-state index is 6.08. The molecule has 0 saturated heterocycles. The molecule has 0 aliphatic heterocycles. The van der Waals surface area contributed by atoms with Crippen LogP contribution in [0.2, 0.25) is 0 Å². The highest BCUT2D eigenvalue weighted by molar-refractivity contribution is 7.15. The monoisotopic (exact) mass is 221 g/mol. The average Bonchev–Trinajstić information content (AvgIpc) is 2.69. The first-order chi connectivity index (χ1) is 7.18. The van der Waals surface area contributed by atoms with Crippen LogP contribution < -0.4 is 5.73 Å². The Balaban J connectivity index is 1.84. The standard InChI is InChI=1S/C11H15N3S/c1-8-9(2-3-11(12)4-5-11)13-10-14(8)6-7-15-10/h6-7H,2-5,12H2,1H3. The fourth-order valence-electron chi connectivity index (χ4n) is 1.96. The van der Waals surface area contributed by atoms with Gasteiger partial charge < -0.3 is 5.73 Å². The molecule has 0 amide bonds. The van der Waals surface area contributed by atoms with Crippen LogP contribution in [0, 0.1) is 6.92 Å². The van der Waals surface area contributed by atoms with Crippen LogP contribution in [0.4, 0.5) is 0 Å². The zero-order valence-electron chi connectivity index (χ0n) is 8.86. The molecule has 3 nitrogen and oxygen atoms in total. The molecule has 1 fully saturated rings. The summed E-state index contributed by atoms with van der Waals surface area (Å²) in [6, 6.07) is 0. The third kappa shape index (κ3) is 1.58. The smallest absolute Gasteiger partial charge is 0.194 e. The van der Waals surface area contributed by atoms with Crippen LogP contribution >= 0.6 is 11.3 Å². The summed E-state index contributed by atoms with van der Waals surface area (Å²) >= 11 is 1.69. The quantitative estimate of drug-likeness (QED) is 0.862. The first-order valence-corrected chi connectivity index (χ1v) is 6.26. The molecular weight excluding hydrogens is 206 g/mol. The number of hydrogen-bond donors (Lipinski definition) is 1. The van der Waals surface area contributed by atoms with Gasteiger partial charge in [0.25, 0.3) is 0 Å². The normalized spacial score (nSPS) is 18.5. The van der Waals surface area contributed by atoms with Crippen molar-refractivity contribution in [3.05, 3.63) is 23.0 Å². The number of thiazole rings is 1. The van der Waals surface area contributed by atoms with Crippen molar-refractivity contribution in [3.8, 4) is 0 Å². The van der Waals surface area contributed by atoms with Gasteiger partial charge in [0.15, 0.2) is 4.96 Å². The molecule has 0 aromatic carbocycles. The third-order valence-electron chi connectivity index (χ3n) is 3.35. The minimum absolute atomic E-state index is 0.142. The maximum atomic E-state index is 6.08. The molecule has 2 heterocycles. The van der Waals surface area contributed by atoms with Gasteiger partial charge in [0, 0.05) is 22.8 Å². The van der Waals surface area contributed by atoms with E-state index >= 15 is 0 Å². The van der Waals surface area contributed by atoms with Crippen molar-refractivity contribution >= 4 is 16.3 Å². The lowest BCUT2D eigenvalue weighted by Crippen LogP contribution is -2.22. The highest BCUT2D eigenvalue weighted by Crippen LogP contribution is 2.36. The topological polar surface area (TPSA) is 43.3 Å². The van der Waals surface area contributed by atoms with Gasteiger partial charge in [-0.15, -0.1) is 11.3 Å². The maximum Gasteiger partial charge on any atom is 0.194 e. The molecule has 0 atom stereocenters. The fraction of sp³-hybridized carbons (Fsp3) is 0.545. The molecule has 0 unspecified atom stereocenters. The third-order valence-corrected chi connectivity index (χ3v) is 4.11. The molecule has 0 bridgehead atoms. The Morgan fingerprint density at radius 1 is 1.60 bits per heavy atom. The second-order valence-electron chi connectivity index (χ2n) is 4.56. The van der Waals surface area contributed by atoms with Crippen LogP contribution in [0.25, 0.3) is 4.96 Å². The van der Waals surface area contributed by atoms with Gasteiger partial charge in [-0.05, 0) is 32.6 Å². The van der Waals surface area contributed by atoms with Crippen molar-refractivity contribution in [2.45, 2.75) is 38.1 Å². The lowest BCUT2D eigenvalue weighted by atomic mass is 10.1. The molecule has 1 aliphatic rings. The molecule has 0 radical (unpaired) electrons. The number of rotatable bonds is 3. The number of aryl methyl sites for hydroxylation is 2. The molecular formula is C11H15N3S. The highest BCUT2D eigenvalue weighted by atomic mass is 32.1. The lowest BCUT2D eigenvalue weighted by molar-refractivity contribution is 0.603. The number of hydrogen-bond acceptors (Lipinski definition) is 3. The van der Waals surface area contributed by atoms with Crippen molar-refractivity contribution < 1.29 is 0 Å². The zero-order chi connectivity index (χ0) is 10.5. The molecule has 4 heteroatoms. The molecule has 1 aliphatic carbocycles. The fourth-order valence-corrected chi connectivity index (χ4v) is 2.74. The van der Waals surface area contributed by atoms with Crippen LogP contribution in [-0.4, -0.2) is 14.9 Å². The Morgan fingerprint density at radius 3 is 3.07 bits per heavy atom. The largest absolute Gasteiger partial charge is 0.325 e. The van der Waals surface area contributed by atoms with Gasteiger partial charge in [0.1, 0.15) is 0 Å². The first kappa shape index (κ1) is 9.36. The second kappa shape index (κ2) is 3.06. The number of nitrogens with two attached hydrogens (primary N) is 1. The zero-order valence-corrected chi connectivity index (χ0v) is 9.68. The SMILES string of the molecule is Cc1c(CCC2(N)CC2)nc2sccn12. The van der Waals surface area contributed by atoms with Crippen LogP contribution in [0.5, 0.6) is 0 Å². The van der Waals surface area contributed by atoms with Crippen LogP contribution in [-0.2, 0) is 6.42 Å². The van der Waals surface area contributed by atoms with Crippen LogP contribution in [0.1, 0.15) is 30.7 Å². The van der Waals surface area contributed by atoms with E-state index in [0.29, 0.717) is 0 Å². The Hall–Kier alpha value is -0.870. The van der Waals surface area contributed by atoms with Gasteiger partial charge in [-0.1, -0.05) is 0 Å². The van der Waals surface area contributed by atoms with Crippen LogP contribution in [0.3, 0.4) is 0 Å². The van der Waals surface area contributed by atoms with E-state index in [9.17, 15) is 0 Å². The molecule has 3 rings (SSSR count). The van der Waals surface area contributed by atoms with Crippen molar-refractivity contribution in [1.82, 2.24) is 9.38 Å². The molecule has 2 aromatic rings. The first-order valence-electron chi connectivity index (χ1n) is 5.38. The minimum atomic E-state index is 0.142. The van der Waals surface area contributed by atoms with Crippen molar-refractivity contribution in [2.24, 2.45) is 5.73 Å². The van der Waals surface area contributed by atoms with E-state index in [1.807, 2.05) is 0 Å². The number of imidazole rings is 1. The van der Waals surface area contributed by atoms with E-state index in [4.69, 9.17) is 5.73 Å². The Kier molecular flexibility index (Phi) is 1.91. The van der Waals surface area contributed by atoms with Gasteiger partial charge in [-0.25, -0.2) is 4.98 Å². The van der Waals surface area contributed by atoms with E-state index in [1.165, 1.54) is 24.2 Å². The number of aromatic nitrogens is 2. The van der Waals surface area contributed by atoms with E-state index in [1.54, 1.807) is 11.3 Å². The van der Waals surface area contributed by atoms with Gasteiger partial charge in [0.05, 0.1) is 5.69 Å². The minimum Gasteiger partial charge on any atom is -0.325 e. The van der Waals surface area contributed by atoms with Crippen molar-refractivity contribution in [2.75, 3.05) is 0 Å². The van der Waals surface area contributed by atoms with E-state index in [-0.39, 0.29) is 5.54 Å². The molecule has 1 saturated carbocycles. The Labute approximate surface area is 92.9 Å². The summed E-state index contributed by atoms with van der Waals surface area (Å²) in [7, 11) is 0.